The number of carbonyl (C=O) groups is 1. The fourth-order valence-corrected chi connectivity index (χ4v) is 2.43. The zero-order valence-electron chi connectivity index (χ0n) is 14.1. The molecule has 0 heterocycles. The van der Waals surface area contributed by atoms with Crippen molar-refractivity contribution in [2.75, 3.05) is 6.61 Å². The maximum Gasteiger partial charge on any atom is 0.323 e. The Labute approximate surface area is 143 Å². The third-order valence-corrected chi connectivity index (χ3v) is 4.02. The van der Waals surface area contributed by atoms with Gasteiger partial charge in [0, 0.05) is 0 Å². The van der Waals surface area contributed by atoms with Crippen LogP contribution >= 0.6 is 0 Å². The second-order valence-corrected chi connectivity index (χ2v) is 6.33. The Morgan fingerprint density at radius 3 is 2.29 bits per heavy atom. The van der Waals surface area contributed by atoms with Crippen LogP contribution in [0.4, 0.5) is 0 Å². The average molecular weight is 327 g/mol. The molecule has 0 radical (unpaired) electrons. The molecule has 0 aliphatic carbocycles. The predicted molar refractivity (Wildman–Crippen MR) is 95.3 cm³/mol. The van der Waals surface area contributed by atoms with Gasteiger partial charge >= 0.3 is 5.97 Å². The summed E-state index contributed by atoms with van der Waals surface area (Å²) in [4.78, 5) is 10.9. The first-order chi connectivity index (χ1) is 11.5. The van der Waals surface area contributed by atoms with Crippen LogP contribution < -0.4 is 10.5 Å². The molecule has 2 rings (SSSR count). The van der Waals surface area contributed by atoms with Gasteiger partial charge in [0.2, 0.25) is 0 Å². The van der Waals surface area contributed by atoms with Gasteiger partial charge in [-0.2, -0.15) is 0 Å². The zero-order chi connectivity index (χ0) is 17.4. The number of nitrogens with two attached hydrogens (primary N) is 1. The smallest absolute Gasteiger partial charge is 0.323 e. The fraction of sp³-hybridized carbons (Fsp3) is 0.350. The molecule has 0 saturated heterocycles. The van der Waals surface area contributed by atoms with Crippen LogP contribution in [0, 0.1) is 0 Å². The monoisotopic (exact) mass is 327 g/mol. The number of aliphatic carboxylic acids is 1. The molecule has 4 nitrogen and oxygen atoms in total. The van der Waals surface area contributed by atoms with Gasteiger partial charge in [0.15, 0.2) is 0 Å². The first-order valence-electron chi connectivity index (χ1n) is 8.25. The van der Waals surface area contributed by atoms with Gasteiger partial charge in [0.05, 0.1) is 6.61 Å². The van der Waals surface area contributed by atoms with E-state index in [1.54, 1.807) is 6.92 Å². The number of hydrogen-bond acceptors (Lipinski definition) is 3. The van der Waals surface area contributed by atoms with Crippen LogP contribution in [0.15, 0.2) is 54.6 Å². The van der Waals surface area contributed by atoms with Crippen LogP contribution in [0.3, 0.4) is 0 Å². The second-order valence-electron chi connectivity index (χ2n) is 6.33. The Balaban J connectivity index is 1.71. The third-order valence-electron chi connectivity index (χ3n) is 4.02. The summed E-state index contributed by atoms with van der Waals surface area (Å²) in [6, 6.07) is 18.4. The van der Waals surface area contributed by atoms with Gasteiger partial charge in [0.25, 0.3) is 0 Å². The number of carboxylic acids is 1. The van der Waals surface area contributed by atoms with Crippen molar-refractivity contribution in [3.8, 4) is 5.75 Å². The average Bonchev–Trinajstić information content (AvgIpc) is 2.57. The van der Waals surface area contributed by atoms with Crippen LogP contribution in [0.2, 0.25) is 0 Å². The molecular formula is C20H25NO3. The molecule has 2 aromatic carbocycles. The lowest BCUT2D eigenvalue weighted by Gasteiger charge is -2.18. The van der Waals surface area contributed by atoms with Crippen molar-refractivity contribution in [3.63, 3.8) is 0 Å². The summed E-state index contributed by atoms with van der Waals surface area (Å²) >= 11 is 0. The van der Waals surface area contributed by atoms with Crippen LogP contribution in [0.5, 0.6) is 5.75 Å². The van der Waals surface area contributed by atoms with Crippen LogP contribution in [0.25, 0.3) is 0 Å². The maximum atomic E-state index is 10.9. The normalized spacial score (nSPS) is 13.2. The van der Waals surface area contributed by atoms with Gasteiger partial charge < -0.3 is 15.6 Å². The van der Waals surface area contributed by atoms with E-state index >= 15 is 0 Å². The molecule has 0 amide bonds. The predicted octanol–water partition coefficient (Wildman–Crippen LogP) is 3.63. The van der Waals surface area contributed by atoms with Gasteiger partial charge in [0.1, 0.15) is 11.3 Å². The molecule has 128 valence electrons. The molecule has 0 aromatic heterocycles. The first-order valence-corrected chi connectivity index (χ1v) is 8.25. The Morgan fingerprint density at radius 1 is 1.04 bits per heavy atom. The zero-order valence-corrected chi connectivity index (χ0v) is 14.1. The number of ether oxygens (including phenoxy) is 1. The van der Waals surface area contributed by atoms with Crippen molar-refractivity contribution < 1.29 is 14.6 Å². The number of carboxylic acid groups (broad SMARTS) is 1. The van der Waals surface area contributed by atoms with Gasteiger partial charge in [-0.25, -0.2) is 0 Å². The molecule has 0 fully saturated rings. The molecule has 0 bridgehead atoms. The Kier molecular flexibility index (Phi) is 6.38. The molecule has 1 atom stereocenters. The highest BCUT2D eigenvalue weighted by Crippen LogP contribution is 2.16. The molecule has 0 spiro atoms. The van der Waals surface area contributed by atoms with Crippen molar-refractivity contribution in [2.24, 2.45) is 5.73 Å². The van der Waals surface area contributed by atoms with E-state index in [2.05, 4.69) is 24.3 Å². The molecule has 0 unspecified atom stereocenters. The summed E-state index contributed by atoms with van der Waals surface area (Å²) in [7, 11) is 0. The molecule has 2 aromatic rings. The summed E-state index contributed by atoms with van der Waals surface area (Å²) in [6.45, 7) is 2.11. The van der Waals surface area contributed by atoms with E-state index in [0.717, 1.165) is 25.0 Å². The highest BCUT2D eigenvalue weighted by molar-refractivity contribution is 5.77. The van der Waals surface area contributed by atoms with Crippen LogP contribution in [-0.2, 0) is 11.2 Å². The van der Waals surface area contributed by atoms with Gasteiger partial charge in [-0.3, -0.25) is 4.79 Å². The van der Waals surface area contributed by atoms with Crippen LogP contribution in [-0.4, -0.2) is 23.2 Å². The lowest BCUT2D eigenvalue weighted by molar-refractivity contribution is -0.142. The molecule has 4 heteroatoms. The lowest BCUT2D eigenvalue weighted by atomic mass is 9.97. The summed E-state index contributed by atoms with van der Waals surface area (Å²) in [6.07, 6.45) is 2.87. The van der Waals surface area contributed by atoms with Gasteiger partial charge in [-0.1, -0.05) is 42.5 Å². The lowest BCUT2D eigenvalue weighted by Crippen LogP contribution is -2.44. The fourth-order valence-electron chi connectivity index (χ4n) is 2.43. The minimum absolute atomic E-state index is 0.446. The number of rotatable bonds is 9. The van der Waals surface area contributed by atoms with Crippen molar-refractivity contribution >= 4 is 5.97 Å². The van der Waals surface area contributed by atoms with Crippen LogP contribution in [0.1, 0.15) is 37.3 Å². The SMILES string of the molecule is C[C@](N)(CCCCOc1ccc(Cc2ccccc2)cc1)C(=O)O. The topological polar surface area (TPSA) is 72.5 Å². The minimum atomic E-state index is -1.15. The highest BCUT2D eigenvalue weighted by atomic mass is 16.5. The molecule has 0 aliphatic heterocycles. The summed E-state index contributed by atoms with van der Waals surface area (Å²) in [5.41, 5.74) is 7.07. The third kappa shape index (κ3) is 5.70. The summed E-state index contributed by atoms with van der Waals surface area (Å²) < 4.78 is 5.70. The number of hydrogen-bond donors (Lipinski definition) is 2. The standard InChI is InChI=1S/C20H25NO3/c1-20(21,19(22)23)13-5-6-14-24-18-11-9-17(10-12-18)15-16-7-3-2-4-8-16/h2-4,7-12H,5-6,13-15,21H2,1H3,(H,22,23)/t20-/m0/s1. The van der Waals surface area contributed by atoms with Gasteiger partial charge in [-0.15, -0.1) is 0 Å². The Bertz CT molecular complexity index is 636. The first kappa shape index (κ1) is 18.0. The summed E-state index contributed by atoms with van der Waals surface area (Å²) in [5, 5.41) is 8.95. The van der Waals surface area contributed by atoms with Crippen molar-refractivity contribution in [1.29, 1.82) is 0 Å². The maximum absolute atomic E-state index is 10.9. The summed E-state index contributed by atoms with van der Waals surface area (Å²) in [5.74, 6) is -0.127. The van der Waals surface area contributed by atoms with E-state index in [1.807, 2.05) is 30.3 Å². The Hall–Kier alpha value is -2.33. The van der Waals surface area contributed by atoms with E-state index in [4.69, 9.17) is 15.6 Å². The number of unbranched alkanes of at least 4 members (excludes halogenated alkanes) is 1. The van der Waals surface area contributed by atoms with E-state index in [1.165, 1.54) is 11.1 Å². The second kappa shape index (κ2) is 8.50. The van der Waals surface area contributed by atoms with Crippen molar-refractivity contribution in [2.45, 2.75) is 38.1 Å². The minimum Gasteiger partial charge on any atom is -0.494 e. The van der Waals surface area contributed by atoms with E-state index in [0.29, 0.717) is 13.0 Å². The van der Waals surface area contributed by atoms with Crippen molar-refractivity contribution in [1.82, 2.24) is 0 Å². The van der Waals surface area contributed by atoms with E-state index in [9.17, 15) is 4.79 Å². The quantitative estimate of drug-likeness (QED) is 0.690. The molecular weight excluding hydrogens is 302 g/mol. The molecule has 0 saturated carbocycles. The number of benzene rings is 2. The molecule has 3 N–H and O–H groups in total. The largest absolute Gasteiger partial charge is 0.494 e. The molecule has 24 heavy (non-hydrogen) atoms. The van der Waals surface area contributed by atoms with E-state index < -0.39 is 11.5 Å². The van der Waals surface area contributed by atoms with Crippen molar-refractivity contribution in [3.05, 3.63) is 65.7 Å². The Morgan fingerprint density at radius 2 is 1.67 bits per heavy atom. The van der Waals surface area contributed by atoms with Gasteiger partial charge in [-0.05, 0) is 55.9 Å². The highest BCUT2D eigenvalue weighted by Gasteiger charge is 2.26. The van der Waals surface area contributed by atoms with E-state index in [-0.39, 0.29) is 0 Å². The molecule has 0 aliphatic rings.